The molecule has 2 nitrogen and oxygen atoms in total. The van der Waals surface area contributed by atoms with E-state index in [-0.39, 0.29) is 11.9 Å². The first-order chi connectivity index (χ1) is 10.6. The van der Waals surface area contributed by atoms with Crippen LogP contribution in [-0.2, 0) is 11.2 Å². The molecule has 0 radical (unpaired) electrons. The quantitative estimate of drug-likeness (QED) is 0.835. The molecular formula is C20H25NO. The lowest BCUT2D eigenvalue weighted by atomic mass is 9.97. The lowest BCUT2D eigenvalue weighted by Crippen LogP contribution is -2.28. The molecule has 2 rings (SSSR count). The fraction of sp³-hybridized carbons (Fsp3) is 0.350. The maximum absolute atomic E-state index is 12.2. The molecule has 0 unspecified atom stereocenters. The second-order valence-corrected chi connectivity index (χ2v) is 5.87. The minimum atomic E-state index is 0.101. The van der Waals surface area contributed by atoms with Gasteiger partial charge in [-0.2, -0.15) is 0 Å². The monoisotopic (exact) mass is 295 g/mol. The summed E-state index contributed by atoms with van der Waals surface area (Å²) in [4.78, 5) is 12.2. The molecule has 0 spiro atoms. The van der Waals surface area contributed by atoms with Gasteiger partial charge in [0.25, 0.3) is 0 Å². The van der Waals surface area contributed by atoms with Gasteiger partial charge in [-0.25, -0.2) is 0 Å². The van der Waals surface area contributed by atoms with Crippen LogP contribution in [0.5, 0.6) is 0 Å². The van der Waals surface area contributed by atoms with Crippen LogP contribution in [0.25, 0.3) is 0 Å². The second-order valence-electron chi connectivity index (χ2n) is 5.87. The zero-order valence-corrected chi connectivity index (χ0v) is 13.7. The molecule has 116 valence electrons. The van der Waals surface area contributed by atoms with Gasteiger partial charge in [0.05, 0.1) is 6.04 Å². The fourth-order valence-electron chi connectivity index (χ4n) is 2.79. The Morgan fingerprint density at radius 2 is 1.82 bits per heavy atom. The number of aryl methyl sites for hydroxylation is 3. The minimum absolute atomic E-state index is 0.101. The van der Waals surface area contributed by atoms with Crippen LogP contribution in [0, 0.1) is 13.8 Å². The largest absolute Gasteiger partial charge is 0.349 e. The van der Waals surface area contributed by atoms with Gasteiger partial charge in [-0.3, -0.25) is 4.79 Å². The summed E-state index contributed by atoms with van der Waals surface area (Å²) >= 11 is 0. The molecule has 0 fully saturated rings. The van der Waals surface area contributed by atoms with Crippen molar-refractivity contribution in [2.45, 2.75) is 46.1 Å². The van der Waals surface area contributed by atoms with E-state index < -0.39 is 0 Å². The van der Waals surface area contributed by atoms with Gasteiger partial charge in [0.2, 0.25) is 5.91 Å². The molecule has 2 heteroatoms. The standard InChI is InChI=1S/C20H25NO/c1-4-19(18-12-10-15(2)14-16(18)3)21-20(22)13-11-17-8-6-5-7-9-17/h5-10,12,14,19H,4,11,13H2,1-3H3,(H,21,22)/t19-/m1/s1. The highest BCUT2D eigenvalue weighted by atomic mass is 16.1. The molecule has 0 saturated carbocycles. The molecular weight excluding hydrogens is 270 g/mol. The number of hydrogen-bond donors (Lipinski definition) is 1. The molecule has 1 atom stereocenters. The van der Waals surface area contributed by atoms with Crippen LogP contribution in [0.2, 0.25) is 0 Å². The van der Waals surface area contributed by atoms with Crippen LogP contribution >= 0.6 is 0 Å². The number of amides is 1. The molecule has 2 aromatic rings. The average Bonchev–Trinajstić information content (AvgIpc) is 2.52. The van der Waals surface area contributed by atoms with Gasteiger partial charge in [-0.1, -0.05) is 61.0 Å². The summed E-state index contributed by atoms with van der Waals surface area (Å²) in [6, 6.07) is 16.7. The third kappa shape index (κ3) is 4.45. The van der Waals surface area contributed by atoms with E-state index in [1.54, 1.807) is 0 Å². The van der Waals surface area contributed by atoms with Crippen molar-refractivity contribution in [2.75, 3.05) is 0 Å². The van der Waals surface area contributed by atoms with Crippen molar-refractivity contribution in [1.29, 1.82) is 0 Å². The number of hydrogen-bond acceptors (Lipinski definition) is 1. The average molecular weight is 295 g/mol. The summed E-state index contributed by atoms with van der Waals surface area (Å²) in [5.74, 6) is 0.121. The van der Waals surface area contributed by atoms with E-state index in [0.29, 0.717) is 6.42 Å². The van der Waals surface area contributed by atoms with E-state index in [2.05, 4.69) is 56.4 Å². The number of nitrogens with one attached hydrogen (secondary N) is 1. The normalized spacial score (nSPS) is 12.0. The molecule has 1 amide bonds. The maximum atomic E-state index is 12.2. The first-order valence-electron chi connectivity index (χ1n) is 8.00. The van der Waals surface area contributed by atoms with Crippen molar-refractivity contribution in [1.82, 2.24) is 5.32 Å². The predicted molar refractivity (Wildman–Crippen MR) is 91.9 cm³/mol. The van der Waals surface area contributed by atoms with Gasteiger partial charge in [-0.15, -0.1) is 0 Å². The molecule has 0 saturated heterocycles. The van der Waals surface area contributed by atoms with Crippen molar-refractivity contribution in [2.24, 2.45) is 0 Å². The summed E-state index contributed by atoms with van der Waals surface area (Å²) in [6.45, 7) is 6.32. The summed E-state index contributed by atoms with van der Waals surface area (Å²) in [6.07, 6.45) is 2.22. The van der Waals surface area contributed by atoms with E-state index in [9.17, 15) is 4.79 Å². The molecule has 0 heterocycles. The molecule has 0 bridgehead atoms. The van der Waals surface area contributed by atoms with E-state index >= 15 is 0 Å². The van der Waals surface area contributed by atoms with Crippen LogP contribution in [0.3, 0.4) is 0 Å². The van der Waals surface area contributed by atoms with E-state index in [4.69, 9.17) is 0 Å². The second kappa shape index (κ2) is 7.79. The zero-order chi connectivity index (χ0) is 15.9. The Kier molecular flexibility index (Phi) is 5.76. The van der Waals surface area contributed by atoms with Crippen molar-refractivity contribution in [3.8, 4) is 0 Å². The Morgan fingerprint density at radius 3 is 2.45 bits per heavy atom. The lowest BCUT2D eigenvalue weighted by molar-refractivity contribution is -0.121. The van der Waals surface area contributed by atoms with Gasteiger partial charge < -0.3 is 5.32 Å². The highest BCUT2D eigenvalue weighted by molar-refractivity contribution is 5.76. The van der Waals surface area contributed by atoms with Crippen LogP contribution in [0.1, 0.15) is 48.1 Å². The number of carbonyl (C=O) groups is 1. The summed E-state index contributed by atoms with van der Waals surface area (Å²) in [5, 5.41) is 3.17. The van der Waals surface area contributed by atoms with Crippen LogP contribution in [0.15, 0.2) is 48.5 Å². The van der Waals surface area contributed by atoms with Crippen molar-refractivity contribution >= 4 is 5.91 Å². The van der Waals surface area contributed by atoms with Gasteiger partial charge in [0.15, 0.2) is 0 Å². The first kappa shape index (κ1) is 16.3. The van der Waals surface area contributed by atoms with Crippen molar-refractivity contribution in [3.63, 3.8) is 0 Å². The highest BCUT2D eigenvalue weighted by Gasteiger charge is 2.14. The Balaban J connectivity index is 1.96. The Bertz CT molecular complexity index is 619. The number of benzene rings is 2. The minimum Gasteiger partial charge on any atom is -0.349 e. The summed E-state index contributed by atoms with van der Waals surface area (Å²) < 4.78 is 0. The van der Waals surface area contributed by atoms with E-state index in [1.165, 1.54) is 22.3 Å². The molecule has 0 aliphatic heterocycles. The molecule has 22 heavy (non-hydrogen) atoms. The van der Waals surface area contributed by atoms with Crippen molar-refractivity contribution < 1.29 is 4.79 Å². The number of rotatable bonds is 6. The summed E-state index contributed by atoms with van der Waals surface area (Å²) in [7, 11) is 0. The van der Waals surface area contributed by atoms with Gasteiger partial charge in [0.1, 0.15) is 0 Å². The Hall–Kier alpha value is -2.09. The zero-order valence-electron chi connectivity index (χ0n) is 13.7. The Morgan fingerprint density at radius 1 is 1.09 bits per heavy atom. The van der Waals surface area contributed by atoms with Gasteiger partial charge in [-0.05, 0) is 43.4 Å². The summed E-state index contributed by atoms with van der Waals surface area (Å²) in [5.41, 5.74) is 4.93. The fourth-order valence-corrected chi connectivity index (χ4v) is 2.79. The SMILES string of the molecule is CC[C@@H](NC(=O)CCc1ccccc1)c1ccc(C)cc1C. The third-order valence-corrected chi connectivity index (χ3v) is 4.03. The smallest absolute Gasteiger partial charge is 0.220 e. The molecule has 1 N–H and O–H groups in total. The molecule has 0 aliphatic rings. The number of carbonyl (C=O) groups excluding carboxylic acids is 1. The van der Waals surface area contributed by atoms with E-state index in [0.717, 1.165) is 12.8 Å². The van der Waals surface area contributed by atoms with Crippen molar-refractivity contribution in [3.05, 3.63) is 70.8 Å². The molecule has 0 aliphatic carbocycles. The first-order valence-corrected chi connectivity index (χ1v) is 8.00. The van der Waals surface area contributed by atoms with Gasteiger partial charge >= 0.3 is 0 Å². The Labute approximate surface area is 133 Å². The van der Waals surface area contributed by atoms with Gasteiger partial charge in [0, 0.05) is 6.42 Å². The lowest BCUT2D eigenvalue weighted by Gasteiger charge is -2.20. The third-order valence-electron chi connectivity index (χ3n) is 4.03. The predicted octanol–water partition coefficient (Wildman–Crippen LogP) is 4.50. The van der Waals surface area contributed by atoms with E-state index in [1.807, 2.05) is 18.2 Å². The van der Waals surface area contributed by atoms with Crippen LogP contribution in [0.4, 0.5) is 0 Å². The highest BCUT2D eigenvalue weighted by Crippen LogP contribution is 2.21. The maximum Gasteiger partial charge on any atom is 0.220 e. The van der Waals surface area contributed by atoms with Crippen LogP contribution < -0.4 is 5.32 Å². The topological polar surface area (TPSA) is 29.1 Å². The molecule has 0 aromatic heterocycles. The molecule has 2 aromatic carbocycles. The van der Waals surface area contributed by atoms with Crippen LogP contribution in [-0.4, -0.2) is 5.91 Å².